The van der Waals surface area contributed by atoms with E-state index in [1.54, 1.807) is 12.1 Å². The number of sulfone groups is 1. The first-order valence-corrected chi connectivity index (χ1v) is 6.17. The Kier molecular flexibility index (Phi) is 3.65. The molecule has 0 saturated carbocycles. The molecule has 0 amide bonds. The summed E-state index contributed by atoms with van der Waals surface area (Å²) in [5.74, 6) is -1.30. The predicted molar refractivity (Wildman–Crippen MR) is 58.1 cm³/mol. The first-order valence-electron chi connectivity index (χ1n) is 3.83. The highest BCUT2D eigenvalue weighted by molar-refractivity contribution is 9.10. The van der Waals surface area contributed by atoms with Gasteiger partial charge in [0.25, 0.3) is 0 Å². The van der Waals surface area contributed by atoms with Gasteiger partial charge < -0.3 is 5.11 Å². The lowest BCUT2D eigenvalue weighted by atomic mass is 10.4. The predicted octanol–water partition coefficient (Wildman–Crippen LogP) is 1.82. The minimum atomic E-state index is -3.67. The Bertz CT molecular complexity index is 505. The lowest BCUT2D eigenvalue weighted by Crippen LogP contribution is -1.98. The highest BCUT2D eigenvalue weighted by Gasteiger charge is 2.10. The van der Waals surface area contributed by atoms with Crippen LogP contribution in [0.15, 0.2) is 45.1 Å². The number of aliphatic carboxylic acids is 1. The SMILES string of the molecule is O=C(O)/C=C/S(=O)(=O)c1cccc(Br)c1. The van der Waals surface area contributed by atoms with E-state index in [1.807, 2.05) is 0 Å². The number of halogens is 1. The largest absolute Gasteiger partial charge is 0.478 e. The lowest BCUT2D eigenvalue weighted by Gasteiger charge is -1.98. The molecule has 4 nitrogen and oxygen atoms in total. The minimum Gasteiger partial charge on any atom is -0.478 e. The van der Waals surface area contributed by atoms with E-state index >= 15 is 0 Å². The summed E-state index contributed by atoms with van der Waals surface area (Å²) in [6.07, 6.45) is 0.593. The zero-order valence-electron chi connectivity index (χ0n) is 7.42. The standard InChI is InChI=1S/C9H7BrO4S/c10-7-2-1-3-8(6-7)15(13,14)5-4-9(11)12/h1-6H,(H,11,12)/b5-4+. The summed E-state index contributed by atoms with van der Waals surface area (Å²) in [7, 11) is -3.67. The summed E-state index contributed by atoms with van der Waals surface area (Å²) >= 11 is 3.13. The summed E-state index contributed by atoms with van der Waals surface area (Å²) in [6, 6.07) is 6.04. The number of carbonyl (C=O) groups is 1. The van der Waals surface area contributed by atoms with Gasteiger partial charge in [-0.05, 0) is 18.2 Å². The van der Waals surface area contributed by atoms with Crippen LogP contribution in [-0.4, -0.2) is 19.5 Å². The number of carboxylic acid groups (broad SMARTS) is 1. The molecule has 0 aromatic heterocycles. The number of hydrogen-bond acceptors (Lipinski definition) is 3. The van der Waals surface area contributed by atoms with Crippen LogP contribution in [0.3, 0.4) is 0 Å². The second kappa shape index (κ2) is 4.59. The maximum atomic E-state index is 11.5. The summed E-state index contributed by atoms with van der Waals surface area (Å²) in [5, 5.41) is 8.98. The molecule has 0 fully saturated rings. The average molecular weight is 291 g/mol. The van der Waals surface area contributed by atoms with Crippen LogP contribution in [0.4, 0.5) is 0 Å². The van der Waals surface area contributed by atoms with Gasteiger partial charge >= 0.3 is 5.97 Å². The van der Waals surface area contributed by atoms with Crippen molar-refractivity contribution in [3.63, 3.8) is 0 Å². The molecule has 0 aliphatic rings. The van der Waals surface area contributed by atoms with E-state index in [9.17, 15) is 13.2 Å². The van der Waals surface area contributed by atoms with E-state index in [4.69, 9.17) is 5.11 Å². The molecule has 0 radical (unpaired) electrons. The number of rotatable bonds is 3. The van der Waals surface area contributed by atoms with Gasteiger partial charge in [-0.15, -0.1) is 0 Å². The summed E-state index contributed by atoms with van der Waals surface area (Å²) in [6.45, 7) is 0. The fourth-order valence-electron chi connectivity index (χ4n) is 0.870. The van der Waals surface area contributed by atoms with E-state index in [0.29, 0.717) is 16.0 Å². The quantitative estimate of drug-likeness (QED) is 0.862. The average Bonchev–Trinajstić information content (AvgIpc) is 2.15. The fraction of sp³-hybridized carbons (Fsp3) is 0. The van der Waals surface area contributed by atoms with E-state index < -0.39 is 15.8 Å². The Morgan fingerprint density at radius 1 is 1.40 bits per heavy atom. The number of benzene rings is 1. The maximum absolute atomic E-state index is 11.5. The fourth-order valence-corrected chi connectivity index (χ4v) is 2.43. The van der Waals surface area contributed by atoms with E-state index in [-0.39, 0.29) is 4.90 Å². The molecule has 0 bridgehead atoms. The lowest BCUT2D eigenvalue weighted by molar-refractivity contribution is -0.131. The third-order valence-corrected chi connectivity index (χ3v) is 3.41. The van der Waals surface area contributed by atoms with Crippen molar-refractivity contribution in [3.8, 4) is 0 Å². The Hall–Kier alpha value is -1.14. The molecule has 1 aromatic rings. The van der Waals surface area contributed by atoms with Crippen molar-refractivity contribution in [3.05, 3.63) is 40.2 Å². The van der Waals surface area contributed by atoms with Crippen LogP contribution >= 0.6 is 15.9 Å². The van der Waals surface area contributed by atoms with Crippen LogP contribution in [0.5, 0.6) is 0 Å². The van der Waals surface area contributed by atoms with Crippen molar-refractivity contribution < 1.29 is 18.3 Å². The molecular formula is C9H7BrO4S. The normalized spacial score (nSPS) is 11.8. The Morgan fingerprint density at radius 3 is 2.60 bits per heavy atom. The zero-order chi connectivity index (χ0) is 11.5. The summed E-state index contributed by atoms with van der Waals surface area (Å²) < 4.78 is 23.7. The van der Waals surface area contributed by atoms with Crippen molar-refractivity contribution >= 4 is 31.7 Å². The van der Waals surface area contributed by atoms with Crippen molar-refractivity contribution in [1.29, 1.82) is 0 Å². The molecular weight excluding hydrogens is 284 g/mol. The molecule has 0 unspecified atom stereocenters. The molecule has 0 aliphatic heterocycles. The smallest absolute Gasteiger partial charge is 0.329 e. The third-order valence-electron chi connectivity index (χ3n) is 1.51. The Balaban J connectivity index is 3.12. The van der Waals surface area contributed by atoms with Crippen molar-refractivity contribution in [2.75, 3.05) is 0 Å². The van der Waals surface area contributed by atoms with Crippen molar-refractivity contribution in [2.45, 2.75) is 4.90 Å². The molecule has 0 heterocycles. The molecule has 0 aliphatic carbocycles. The van der Waals surface area contributed by atoms with Crippen LogP contribution in [0, 0.1) is 0 Å². The first-order chi connectivity index (χ1) is 6.92. The highest BCUT2D eigenvalue weighted by atomic mass is 79.9. The van der Waals surface area contributed by atoms with Crippen LogP contribution in [0.2, 0.25) is 0 Å². The molecule has 0 saturated heterocycles. The first kappa shape index (κ1) is 11.9. The van der Waals surface area contributed by atoms with Gasteiger partial charge in [-0.3, -0.25) is 0 Å². The highest BCUT2D eigenvalue weighted by Crippen LogP contribution is 2.17. The van der Waals surface area contributed by atoms with Crippen molar-refractivity contribution in [2.24, 2.45) is 0 Å². The molecule has 1 aromatic carbocycles. The molecule has 6 heteroatoms. The number of hydrogen-bond donors (Lipinski definition) is 1. The summed E-state index contributed by atoms with van der Waals surface area (Å²) in [4.78, 5) is 10.2. The second-order valence-electron chi connectivity index (χ2n) is 2.64. The van der Waals surface area contributed by atoms with Gasteiger partial charge in [-0.1, -0.05) is 22.0 Å². The van der Waals surface area contributed by atoms with Gasteiger partial charge in [0.15, 0.2) is 9.84 Å². The van der Waals surface area contributed by atoms with Crippen LogP contribution in [-0.2, 0) is 14.6 Å². The molecule has 15 heavy (non-hydrogen) atoms. The van der Waals surface area contributed by atoms with Crippen molar-refractivity contribution in [1.82, 2.24) is 0 Å². The van der Waals surface area contributed by atoms with Gasteiger partial charge in [-0.25, -0.2) is 13.2 Å². The van der Waals surface area contributed by atoms with Crippen LogP contribution < -0.4 is 0 Å². The molecule has 1 rings (SSSR count). The second-order valence-corrected chi connectivity index (χ2v) is 5.39. The Labute approximate surface area is 95.3 Å². The van der Waals surface area contributed by atoms with Gasteiger partial charge in [0.05, 0.1) is 4.90 Å². The molecule has 0 atom stereocenters. The monoisotopic (exact) mass is 290 g/mol. The van der Waals surface area contributed by atoms with Gasteiger partial charge in [-0.2, -0.15) is 0 Å². The molecule has 0 spiro atoms. The third kappa shape index (κ3) is 3.49. The van der Waals surface area contributed by atoms with E-state index in [0.717, 1.165) is 0 Å². The molecule has 1 N–H and O–H groups in total. The van der Waals surface area contributed by atoms with Gasteiger partial charge in [0.2, 0.25) is 0 Å². The minimum absolute atomic E-state index is 0.0503. The summed E-state index contributed by atoms with van der Waals surface area (Å²) in [5.41, 5.74) is 0. The van der Waals surface area contributed by atoms with Crippen LogP contribution in [0.25, 0.3) is 0 Å². The molecule has 80 valence electrons. The number of carboxylic acids is 1. The Morgan fingerprint density at radius 2 is 2.07 bits per heavy atom. The topological polar surface area (TPSA) is 71.4 Å². The van der Waals surface area contributed by atoms with Crippen LogP contribution in [0.1, 0.15) is 0 Å². The van der Waals surface area contributed by atoms with Gasteiger partial charge in [0, 0.05) is 16.0 Å². The van der Waals surface area contributed by atoms with E-state index in [1.165, 1.54) is 12.1 Å². The zero-order valence-corrected chi connectivity index (χ0v) is 9.82. The van der Waals surface area contributed by atoms with E-state index in [2.05, 4.69) is 15.9 Å². The maximum Gasteiger partial charge on any atom is 0.329 e. The van der Waals surface area contributed by atoms with Gasteiger partial charge in [0.1, 0.15) is 0 Å².